The maximum Gasteiger partial charge on any atom is 0.415 e. The van der Waals surface area contributed by atoms with Crippen molar-refractivity contribution < 1.29 is 22.3 Å². The van der Waals surface area contributed by atoms with Crippen molar-refractivity contribution in [2.45, 2.75) is 38.5 Å². The van der Waals surface area contributed by atoms with Crippen LogP contribution in [0.5, 0.6) is 0 Å². The Morgan fingerprint density at radius 3 is 2.76 bits per heavy atom. The molecule has 1 saturated heterocycles. The lowest BCUT2D eigenvalue weighted by Gasteiger charge is -2.37. The number of rotatable bonds is 4. The molecule has 1 aliphatic rings. The van der Waals surface area contributed by atoms with Crippen LogP contribution in [0.2, 0.25) is 0 Å². The predicted molar refractivity (Wildman–Crippen MR) is 103 cm³/mol. The number of thiazole rings is 1. The van der Waals surface area contributed by atoms with Crippen LogP contribution in [0.1, 0.15) is 17.5 Å². The van der Waals surface area contributed by atoms with Gasteiger partial charge in [-0.05, 0) is 24.6 Å². The molecular weight excluding hydrogens is 406 g/mol. The molecule has 0 N–H and O–H groups in total. The third-order valence-electron chi connectivity index (χ3n) is 4.85. The van der Waals surface area contributed by atoms with Gasteiger partial charge in [0.25, 0.3) is 0 Å². The minimum Gasteiger partial charge on any atom is -0.363 e. The van der Waals surface area contributed by atoms with Gasteiger partial charge in [0.2, 0.25) is 0 Å². The van der Waals surface area contributed by atoms with Crippen molar-refractivity contribution in [3.05, 3.63) is 47.2 Å². The fourth-order valence-corrected chi connectivity index (χ4v) is 4.42. The van der Waals surface area contributed by atoms with Crippen LogP contribution in [-0.4, -0.2) is 46.3 Å². The van der Waals surface area contributed by atoms with Gasteiger partial charge in [0.1, 0.15) is 11.7 Å². The highest BCUT2D eigenvalue weighted by molar-refractivity contribution is 7.15. The zero-order valence-corrected chi connectivity index (χ0v) is 16.4. The third-order valence-corrected chi connectivity index (χ3v) is 5.84. The Morgan fingerprint density at radius 1 is 1.21 bits per heavy atom. The molecule has 2 aromatic heterocycles. The molecule has 0 bridgehead atoms. The van der Waals surface area contributed by atoms with Crippen molar-refractivity contribution in [1.82, 2.24) is 14.9 Å². The molecule has 4 nitrogen and oxygen atoms in total. The second-order valence-corrected chi connectivity index (χ2v) is 8.25. The van der Waals surface area contributed by atoms with Gasteiger partial charge >= 0.3 is 6.18 Å². The number of fused-ring (bicyclic) bond motifs is 1. The van der Waals surface area contributed by atoms with E-state index in [2.05, 4.69) is 9.97 Å². The molecule has 9 heteroatoms. The van der Waals surface area contributed by atoms with Crippen molar-refractivity contribution in [2.75, 3.05) is 13.1 Å². The summed E-state index contributed by atoms with van der Waals surface area (Å²) in [5, 5.41) is 1.32. The van der Waals surface area contributed by atoms with E-state index >= 15 is 0 Å². The summed E-state index contributed by atoms with van der Waals surface area (Å²) in [7, 11) is 0. The first kappa shape index (κ1) is 20.2. The summed E-state index contributed by atoms with van der Waals surface area (Å²) < 4.78 is 57.1. The van der Waals surface area contributed by atoms with Gasteiger partial charge in [0, 0.05) is 43.0 Å². The predicted octanol–water partition coefficient (Wildman–Crippen LogP) is 4.98. The van der Waals surface area contributed by atoms with E-state index in [-0.39, 0.29) is 6.54 Å². The smallest absolute Gasteiger partial charge is 0.363 e. The highest BCUT2D eigenvalue weighted by atomic mass is 32.1. The van der Waals surface area contributed by atoms with E-state index in [0.717, 1.165) is 26.9 Å². The van der Waals surface area contributed by atoms with Crippen LogP contribution in [0.15, 0.2) is 36.7 Å². The van der Waals surface area contributed by atoms with Crippen molar-refractivity contribution in [3.63, 3.8) is 0 Å². The molecule has 4 rings (SSSR count). The zero-order valence-electron chi connectivity index (χ0n) is 15.6. The first-order valence-electron chi connectivity index (χ1n) is 9.16. The van der Waals surface area contributed by atoms with Crippen LogP contribution in [0, 0.1) is 0 Å². The Hall–Kier alpha value is -2.10. The van der Waals surface area contributed by atoms with E-state index in [0.29, 0.717) is 18.1 Å². The first-order chi connectivity index (χ1) is 13.8. The largest absolute Gasteiger partial charge is 0.415 e. The van der Waals surface area contributed by atoms with Gasteiger partial charge < -0.3 is 4.74 Å². The molecule has 0 unspecified atom stereocenters. The molecule has 0 aliphatic carbocycles. The van der Waals surface area contributed by atoms with E-state index in [9.17, 15) is 17.6 Å². The molecule has 1 aliphatic heterocycles. The fourth-order valence-electron chi connectivity index (χ4n) is 3.61. The molecule has 0 saturated carbocycles. The number of pyridine rings is 1. The summed E-state index contributed by atoms with van der Waals surface area (Å²) in [6.45, 7) is 1.68. The van der Waals surface area contributed by atoms with Crippen molar-refractivity contribution >= 4 is 22.2 Å². The Balaban J connectivity index is 1.58. The molecule has 29 heavy (non-hydrogen) atoms. The Morgan fingerprint density at radius 2 is 2.03 bits per heavy atom. The number of nitrogens with zero attached hydrogens (tertiary/aromatic N) is 3. The van der Waals surface area contributed by atoms with Crippen LogP contribution >= 0.6 is 11.3 Å². The fraction of sp³-hybridized carbons (Fsp3) is 0.400. The van der Waals surface area contributed by atoms with Gasteiger partial charge in [-0.1, -0.05) is 12.1 Å². The van der Waals surface area contributed by atoms with Crippen LogP contribution < -0.4 is 0 Å². The minimum atomic E-state index is -4.38. The van der Waals surface area contributed by atoms with Crippen LogP contribution in [-0.2, 0) is 18.0 Å². The summed E-state index contributed by atoms with van der Waals surface area (Å²) >= 11 is 1.29. The molecule has 0 spiro atoms. The quantitative estimate of drug-likeness (QED) is 0.553. The molecule has 0 amide bonds. The molecule has 3 aromatic rings. The lowest BCUT2D eigenvalue weighted by atomic mass is 10.0. The summed E-state index contributed by atoms with van der Waals surface area (Å²) in [4.78, 5) is 11.1. The number of halogens is 4. The molecule has 1 aromatic carbocycles. The van der Waals surface area contributed by atoms with E-state index < -0.39 is 25.1 Å². The summed E-state index contributed by atoms with van der Waals surface area (Å²) in [5.74, 6) is 0. The van der Waals surface area contributed by atoms with Crippen molar-refractivity contribution in [3.8, 4) is 10.4 Å². The number of benzene rings is 1. The maximum absolute atomic E-state index is 13.1. The monoisotopic (exact) mass is 425 g/mol. The molecular formula is C20H19F4N3OS. The number of alkyl halides is 4. The van der Waals surface area contributed by atoms with E-state index in [1.807, 2.05) is 24.3 Å². The summed E-state index contributed by atoms with van der Waals surface area (Å²) in [6, 6.07) is 7.55. The highest BCUT2D eigenvalue weighted by Gasteiger charge is 2.44. The number of morpholine rings is 1. The standard InChI is InChI=1S/C20H19F4N3OS/c1-12-9-27(11-18(28-12)20(22,23)24)10-13-2-3-14-15(4-5-25-16(14)6-13)17-8-26-19(7-21)29-17/h2-6,8,12,18H,7,9-11H2,1H3/t12-,18-/m1/s1. The second kappa shape index (κ2) is 7.97. The number of aromatic nitrogens is 2. The molecule has 3 heterocycles. The van der Waals surface area contributed by atoms with Gasteiger partial charge in [0.05, 0.1) is 16.5 Å². The Bertz CT molecular complexity index is 1010. The molecule has 0 radical (unpaired) electrons. The van der Waals surface area contributed by atoms with Gasteiger partial charge in [-0.25, -0.2) is 9.37 Å². The second-order valence-electron chi connectivity index (χ2n) is 7.13. The van der Waals surface area contributed by atoms with Crippen molar-refractivity contribution in [2.24, 2.45) is 0 Å². The van der Waals surface area contributed by atoms with Crippen molar-refractivity contribution in [1.29, 1.82) is 0 Å². The van der Waals surface area contributed by atoms with E-state index in [1.165, 1.54) is 11.3 Å². The minimum absolute atomic E-state index is 0.188. The van der Waals surface area contributed by atoms with E-state index in [4.69, 9.17) is 4.74 Å². The van der Waals surface area contributed by atoms with Crippen LogP contribution in [0.3, 0.4) is 0 Å². The lowest BCUT2D eigenvalue weighted by Crippen LogP contribution is -2.51. The third kappa shape index (κ3) is 4.41. The van der Waals surface area contributed by atoms with Gasteiger partial charge in [-0.15, -0.1) is 11.3 Å². The normalized spacial score (nSPS) is 21.0. The van der Waals surface area contributed by atoms with Gasteiger partial charge in [-0.2, -0.15) is 13.2 Å². The van der Waals surface area contributed by atoms with Crippen LogP contribution in [0.4, 0.5) is 17.6 Å². The summed E-state index contributed by atoms with van der Waals surface area (Å²) in [6.07, 6.45) is -3.31. The average molecular weight is 425 g/mol. The van der Waals surface area contributed by atoms with Gasteiger partial charge in [0.15, 0.2) is 6.10 Å². The van der Waals surface area contributed by atoms with Crippen LogP contribution in [0.25, 0.3) is 21.3 Å². The highest BCUT2D eigenvalue weighted by Crippen LogP contribution is 2.33. The lowest BCUT2D eigenvalue weighted by molar-refractivity contribution is -0.252. The Kier molecular flexibility index (Phi) is 5.54. The first-order valence-corrected chi connectivity index (χ1v) is 9.98. The zero-order chi connectivity index (χ0) is 20.6. The molecule has 154 valence electrons. The maximum atomic E-state index is 13.1. The number of hydrogen-bond donors (Lipinski definition) is 0. The Labute approximate surface area is 169 Å². The van der Waals surface area contributed by atoms with E-state index in [1.54, 1.807) is 24.2 Å². The molecule has 1 fully saturated rings. The SMILES string of the molecule is C[C@@H]1CN(Cc2ccc3c(-c4cnc(CF)s4)ccnc3c2)C[C@H](C(F)(F)F)O1. The average Bonchev–Trinajstić information content (AvgIpc) is 3.15. The summed E-state index contributed by atoms with van der Waals surface area (Å²) in [5.41, 5.74) is 2.53. The molecule has 2 atom stereocenters. The topological polar surface area (TPSA) is 38.2 Å². The number of ether oxygens (including phenoxy) is 1. The van der Waals surface area contributed by atoms with Gasteiger partial charge in [-0.3, -0.25) is 9.88 Å². The number of hydrogen-bond acceptors (Lipinski definition) is 5.